The number of hydrogen-bond acceptors (Lipinski definition) is 1. The third-order valence-electron chi connectivity index (χ3n) is 3.14. The molecule has 0 amide bonds. The molecule has 0 aliphatic rings. The topological polar surface area (TPSA) is 17.1 Å². The molecular weight excluding hydrogens is 227 g/mol. The highest BCUT2D eigenvalue weighted by atomic mass is 19.1. The van der Waals surface area contributed by atoms with Gasteiger partial charge in [0.2, 0.25) is 0 Å². The molecule has 0 saturated carbocycles. The standard InChI is InChI=1S/C16H15FO/c1-11-7-8-14(9-12(11)2)16(18)10-13-5-3-4-6-15(13)17/h3-9H,10H2,1-2H3. The molecule has 0 heterocycles. The molecule has 92 valence electrons. The third-order valence-corrected chi connectivity index (χ3v) is 3.14. The highest BCUT2D eigenvalue weighted by Gasteiger charge is 2.10. The van der Waals surface area contributed by atoms with Crippen LogP contribution >= 0.6 is 0 Å². The molecule has 0 bridgehead atoms. The van der Waals surface area contributed by atoms with Crippen molar-refractivity contribution in [2.75, 3.05) is 0 Å². The minimum Gasteiger partial charge on any atom is -0.294 e. The Morgan fingerprint density at radius 3 is 2.44 bits per heavy atom. The van der Waals surface area contributed by atoms with Crippen molar-refractivity contribution in [1.82, 2.24) is 0 Å². The second-order valence-electron chi connectivity index (χ2n) is 4.49. The zero-order chi connectivity index (χ0) is 13.1. The maximum Gasteiger partial charge on any atom is 0.167 e. The van der Waals surface area contributed by atoms with Gasteiger partial charge in [0.25, 0.3) is 0 Å². The molecule has 2 aromatic rings. The Hall–Kier alpha value is -1.96. The third kappa shape index (κ3) is 2.65. The van der Waals surface area contributed by atoms with E-state index in [1.165, 1.54) is 6.07 Å². The predicted molar refractivity (Wildman–Crippen MR) is 70.4 cm³/mol. The van der Waals surface area contributed by atoms with Gasteiger partial charge in [-0.2, -0.15) is 0 Å². The average molecular weight is 242 g/mol. The van der Waals surface area contributed by atoms with Crippen molar-refractivity contribution in [2.24, 2.45) is 0 Å². The van der Waals surface area contributed by atoms with Crippen LogP contribution in [0.2, 0.25) is 0 Å². The minimum absolute atomic E-state index is 0.0526. The highest BCUT2D eigenvalue weighted by Crippen LogP contribution is 2.14. The van der Waals surface area contributed by atoms with Crippen molar-refractivity contribution < 1.29 is 9.18 Å². The lowest BCUT2D eigenvalue weighted by molar-refractivity contribution is 0.0991. The maximum absolute atomic E-state index is 13.5. The van der Waals surface area contributed by atoms with Crippen LogP contribution in [0.1, 0.15) is 27.0 Å². The molecule has 0 aliphatic heterocycles. The number of benzene rings is 2. The fourth-order valence-electron chi connectivity index (χ4n) is 1.83. The van der Waals surface area contributed by atoms with E-state index in [0.717, 1.165) is 11.1 Å². The van der Waals surface area contributed by atoms with Gasteiger partial charge in [-0.15, -0.1) is 0 Å². The van der Waals surface area contributed by atoms with Gasteiger partial charge in [0.05, 0.1) is 0 Å². The molecule has 0 saturated heterocycles. The molecule has 1 nitrogen and oxygen atoms in total. The average Bonchev–Trinajstić information content (AvgIpc) is 2.35. The van der Waals surface area contributed by atoms with E-state index in [1.807, 2.05) is 26.0 Å². The second-order valence-corrected chi connectivity index (χ2v) is 4.49. The van der Waals surface area contributed by atoms with Gasteiger partial charge in [-0.3, -0.25) is 4.79 Å². The molecule has 0 N–H and O–H groups in total. The first-order valence-corrected chi connectivity index (χ1v) is 5.92. The summed E-state index contributed by atoms with van der Waals surface area (Å²) in [4.78, 5) is 12.1. The van der Waals surface area contributed by atoms with E-state index in [2.05, 4.69) is 0 Å². The molecule has 0 aromatic heterocycles. The lowest BCUT2D eigenvalue weighted by Gasteiger charge is -2.05. The van der Waals surface area contributed by atoms with Crippen LogP contribution < -0.4 is 0 Å². The SMILES string of the molecule is Cc1ccc(C(=O)Cc2ccccc2F)cc1C. The number of carbonyl (C=O) groups excluding carboxylic acids is 1. The van der Waals surface area contributed by atoms with Crippen LogP contribution in [-0.4, -0.2) is 5.78 Å². The molecule has 0 spiro atoms. The van der Waals surface area contributed by atoms with E-state index in [1.54, 1.807) is 24.3 Å². The van der Waals surface area contributed by atoms with Gasteiger partial charge in [-0.25, -0.2) is 4.39 Å². The summed E-state index contributed by atoms with van der Waals surface area (Å²) in [5, 5.41) is 0. The lowest BCUT2D eigenvalue weighted by Crippen LogP contribution is -2.05. The Balaban J connectivity index is 2.22. The fraction of sp³-hybridized carbons (Fsp3) is 0.188. The quantitative estimate of drug-likeness (QED) is 0.747. The van der Waals surface area contributed by atoms with E-state index >= 15 is 0 Å². The van der Waals surface area contributed by atoms with Crippen LogP contribution in [0.5, 0.6) is 0 Å². The van der Waals surface area contributed by atoms with Gasteiger partial charge in [-0.1, -0.05) is 30.3 Å². The number of Topliss-reactive ketones (excluding diaryl/α,β-unsaturated/α-hetero) is 1. The van der Waals surface area contributed by atoms with Gasteiger partial charge in [-0.05, 0) is 42.7 Å². The first-order chi connectivity index (χ1) is 8.58. The summed E-state index contributed by atoms with van der Waals surface area (Å²) in [6.07, 6.45) is 0.106. The number of hydrogen-bond donors (Lipinski definition) is 0. The van der Waals surface area contributed by atoms with Crippen molar-refractivity contribution in [1.29, 1.82) is 0 Å². The summed E-state index contributed by atoms with van der Waals surface area (Å²) in [6, 6.07) is 12.0. The largest absolute Gasteiger partial charge is 0.294 e. The normalized spacial score (nSPS) is 10.4. The molecule has 2 heteroatoms. The van der Waals surface area contributed by atoms with E-state index in [0.29, 0.717) is 11.1 Å². The number of carbonyl (C=O) groups is 1. The fourth-order valence-corrected chi connectivity index (χ4v) is 1.83. The molecule has 18 heavy (non-hydrogen) atoms. The van der Waals surface area contributed by atoms with Crippen molar-refractivity contribution >= 4 is 5.78 Å². The van der Waals surface area contributed by atoms with Gasteiger partial charge in [0, 0.05) is 12.0 Å². The molecule has 2 aromatic carbocycles. The van der Waals surface area contributed by atoms with E-state index in [-0.39, 0.29) is 18.0 Å². The van der Waals surface area contributed by atoms with E-state index < -0.39 is 0 Å². The Kier molecular flexibility index (Phi) is 3.56. The Morgan fingerprint density at radius 2 is 1.78 bits per heavy atom. The van der Waals surface area contributed by atoms with Gasteiger partial charge >= 0.3 is 0 Å². The molecule has 2 rings (SSSR count). The summed E-state index contributed by atoms with van der Waals surface area (Å²) >= 11 is 0. The second kappa shape index (κ2) is 5.13. The van der Waals surface area contributed by atoms with Crippen LogP contribution in [-0.2, 0) is 6.42 Å². The molecule has 0 radical (unpaired) electrons. The van der Waals surface area contributed by atoms with Gasteiger partial charge < -0.3 is 0 Å². The number of halogens is 1. The van der Waals surface area contributed by atoms with Crippen molar-refractivity contribution in [2.45, 2.75) is 20.3 Å². The summed E-state index contributed by atoms with van der Waals surface area (Å²) < 4.78 is 13.5. The molecule has 0 atom stereocenters. The van der Waals surface area contributed by atoms with Crippen LogP contribution in [0, 0.1) is 19.7 Å². The van der Waals surface area contributed by atoms with Gasteiger partial charge in [0.1, 0.15) is 5.82 Å². The predicted octanol–water partition coefficient (Wildman–Crippen LogP) is 3.87. The maximum atomic E-state index is 13.5. The zero-order valence-electron chi connectivity index (χ0n) is 10.5. The molecule has 0 aliphatic carbocycles. The summed E-state index contributed by atoms with van der Waals surface area (Å²) in [5.41, 5.74) is 3.31. The monoisotopic (exact) mass is 242 g/mol. The highest BCUT2D eigenvalue weighted by molar-refractivity contribution is 5.97. The summed E-state index contributed by atoms with van der Waals surface area (Å²) in [6.45, 7) is 3.97. The van der Waals surface area contributed by atoms with Crippen LogP contribution in [0.3, 0.4) is 0 Å². The molecule has 0 fully saturated rings. The van der Waals surface area contributed by atoms with Crippen LogP contribution in [0.4, 0.5) is 4.39 Å². The van der Waals surface area contributed by atoms with Crippen LogP contribution in [0.25, 0.3) is 0 Å². The zero-order valence-corrected chi connectivity index (χ0v) is 10.5. The Morgan fingerprint density at radius 1 is 1.06 bits per heavy atom. The van der Waals surface area contributed by atoms with Gasteiger partial charge in [0.15, 0.2) is 5.78 Å². The summed E-state index contributed by atoms with van der Waals surface area (Å²) in [5.74, 6) is -0.377. The van der Waals surface area contributed by atoms with Crippen molar-refractivity contribution in [3.63, 3.8) is 0 Å². The van der Waals surface area contributed by atoms with Crippen molar-refractivity contribution in [3.8, 4) is 0 Å². The van der Waals surface area contributed by atoms with Crippen molar-refractivity contribution in [3.05, 3.63) is 70.5 Å². The van der Waals surface area contributed by atoms with Crippen LogP contribution in [0.15, 0.2) is 42.5 Å². The Labute approximate surface area is 106 Å². The number of ketones is 1. The Bertz CT molecular complexity index is 587. The van der Waals surface area contributed by atoms with E-state index in [9.17, 15) is 9.18 Å². The minimum atomic E-state index is -0.324. The number of rotatable bonds is 3. The van der Waals surface area contributed by atoms with E-state index in [4.69, 9.17) is 0 Å². The smallest absolute Gasteiger partial charge is 0.167 e. The first-order valence-electron chi connectivity index (χ1n) is 5.92. The first kappa shape index (κ1) is 12.5. The number of aryl methyl sites for hydroxylation is 2. The lowest BCUT2D eigenvalue weighted by atomic mass is 9.99. The molecule has 0 unspecified atom stereocenters. The molecular formula is C16H15FO. The summed E-state index contributed by atoms with van der Waals surface area (Å²) in [7, 11) is 0.